The van der Waals surface area contributed by atoms with E-state index in [1.165, 1.54) is 29.2 Å². The van der Waals surface area contributed by atoms with Crippen LogP contribution in [0.25, 0.3) is 5.57 Å². The third-order valence-corrected chi connectivity index (χ3v) is 6.13. The van der Waals surface area contributed by atoms with Gasteiger partial charge in [-0.1, -0.05) is 42.5 Å². The van der Waals surface area contributed by atoms with E-state index in [1.807, 2.05) is 30.3 Å². The van der Waals surface area contributed by atoms with Crippen molar-refractivity contribution in [2.75, 3.05) is 0 Å². The minimum Gasteiger partial charge on any atom is -0.406 e. The van der Waals surface area contributed by atoms with Crippen LogP contribution >= 0.6 is 0 Å². The molecule has 2 amide bonds. The van der Waals surface area contributed by atoms with Gasteiger partial charge in [0.05, 0.1) is 6.04 Å². The van der Waals surface area contributed by atoms with E-state index >= 15 is 0 Å². The van der Waals surface area contributed by atoms with Crippen LogP contribution in [0.4, 0.5) is 13.2 Å². The van der Waals surface area contributed by atoms with Crippen LogP contribution < -0.4 is 10.1 Å². The molecule has 5 rings (SSSR count). The number of hydrogen-bond acceptors (Lipinski definition) is 4. The van der Waals surface area contributed by atoms with Crippen molar-refractivity contribution in [3.05, 3.63) is 84.0 Å². The summed E-state index contributed by atoms with van der Waals surface area (Å²) >= 11 is 0. The number of rotatable bonds is 3. The Bertz CT molecular complexity index is 1200. The third kappa shape index (κ3) is 3.40. The minimum atomic E-state index is -4.85. The summed E-state index contributed by atoms with van der Waals surface area (Å²) in [7, 11) is 0. The minimum absolute atomic E-state index is 0.0152. The van der Waals surface area contributed by atoms with Crippen molar-refractivity contribution in [3.63, 3.8) is 0 Å². The Kier molecular flexibility index (Phi) is 4.66. The molecule has 9 heteroatoms. The highest BCUT2D eigenvalue weighted by atomic mass is 19.4. The van der Waals surface area contributed by atoms with Gasteiger partial charge in [0.25, 0.3) is 0 Å². The van der Waals surface area contributed by atoms with Gasteiger partial charge in [0.1, 0.15) is 17.3 Å². The molecule has 2 aromatic rings. The van der Waals surface area contributed by atoms with Gasteiger partial charge in [0.2, 0.25) is 11.8 Å². The van der Waals surface area contributed by atoms with Crippen molar-refractivity contribution < 1.29 is 32.3 Å². The number of ether oxygens (including phenoxy) is 1. The summed E-state index contributed by atoms with van der Waals surface area (Å²) in [6.45, 7) is 0. The zero-order valence-electron chi connectivity index (χ0n) is 17.0. The lowest BCUT2D eigenvalue weighted by atomic mass is 9.72. The number of nitrogens with zero attached hydrogens (tertiary/aromatic N) is 1. The smallest absolute Gasteiger partial charge is 0.406 e. The number of benzene rings is 2. The Hall–Kier alpha value is -3.88. The Morgan fingerprint density at radius 3 is 2.36 bits per heavy atom. The number of ketones is 1. The quantitative estimate of drug-likeness (QED) is 0.772. The predicted octanol–water partition coefficient (Wildman–Crippen LogP) is 3.32. The van der Waals surface area contributed by atoms with Gasteiger partial charge in [-0.3, -0.25) is 14.4 Å². The zero-order valence-corrected chi connectivity index (χ0v) is 17.0. The molecule has 1 N–H and O–H groups in total. The van der Waals surface area contributed by atoms with Crippen LogP contribution in [-0.4, -0.2) is 40.4 Å². The highest BCUT2D eigenvalue weighted by Crippen LogP contribution is 2.50. The standard InChI is InChI=1S/C24H17F3N2O4/c25-24(26,27)33-17-8-6-15(7-9-17)21-22(32)28-19-12-16(30)10-11-23(19)18(13-20(31)29(21)23)14-4-2-1-3-5-14/h1-11,13,19,21H,12H2,(H,28,32)/t19-,21-,23-/m1/s1. The molecule has 2 heterocycles. The van der Waals surface area contributed by atoms with Crippen LogP contribution in [0.15, 0.2) is 72.8 Å². The number of carbonyl (C=O) groups is 3. The van der Waals surface area contributed by atoms with Crippen LogP contribution in [-0.2, 0) is 14.4 Å². The molecular formula is C24H17F3N2O4. The highest BCUT2D eigenvalue weighted by Gasteiger charge is 2.60. The van der Waals surface area contributed by atoms with Gasteiger partial charge in [0.15, 0.2) is 5.78 Å². The molecule has 3 atom stereocenters. The maximum atomic E-state index is 13.3. The van der Waals surface area contributed by atoms with Crippen molar-refractivity contribution in [1.82, 2.24) is 10.2 Å². The molecule has 1 saturated heterocycles. The SMILES string of the molecule is O=C1C=C[C@]23C(c4ccccc4)=CC(=O)N2[C@H](c2ccc(OC(F)(F)F)cc2)C(=O)N[C@@H]3C1. The summed E-state index contributed by atoms with van der Waals surface area (Å²) in [5, 5.41) is 2.88. The number of allylic oxidation sites excluding steroid dienone is 1. The lowest BCUT2D eigenvalue weighted by molar-refractivity contribution is -0.274. The first-order chi connectivity index (χ1) is 15.7. The van der Waals surface area contributed by atoms with E-state index in [1.54, 1.807) is 6.08 Å². The van der Waals surface area contributed by atoms with Gasteiger partial charge in [-0.25, -0.2) is 0 Å². The summed E-state index contributed by atoms with van der Waals surface area (Å²) in [5.41, 5.74) is 0.623. The van der Waals surface area contributed by atoms with E-state index in [2.05, 4.69) is 10.1 Å². The molecule has 0 aromatic heterocycles. The second-order valence-electron chi connectivity index (χ2n) is 8.04. The molecule has 0 unspecified atom stereocenters. The van der Waals surface area contributed by atoms with Gasteiger partial charge in [-0.05, 0) is 41.0 Å². The van der Waals surface area contributed by atoms with Crippen molar-refractivity contribution in [3.8, 4) is 5.75 Å². The normalized spacial score (nSPS) is 26.5. The van der Waals surface area contributed by atoms with E-state index in [9.17, 15) is 27.6 Å². The molecule has 1 spiro atoms. The average Bonchev–Trinajstić information content (AvgIpc) is 3.06. The number of alkyl halides is 3. The topological polar surface area (TPSA) is 75.7 Å². The molecule has 2 aromatic carbocycles. The second-order valence-corrected chi connectivity index (χ2v) is 8.04. The molecule has 1 aliphatic carbocycles. The summed E-state index contributed by atoms with van der Waals surface area (Å²) < 4.78 is 41.5. The van der Waals surface area contributed by atoms with Crippen LogP contribution in [0.2, 0.25) is 0 Å². The van der Waals surface area contributed by atoms with E-state index in [0.29, 0.717) is 11.1 Å². The summed E-state index contributed by atoms with van der Waals surface area (Å²) in [5.74, 6) is -1.55. The van der Waals surface area contributed by atoms with Gasteiger partial charge < -0.3 is 15.0 Å². The fourth-order valence-electron chi connectivity index (χ4n) is 4.86. The molecule has 1 fully saturated rings. The highest BCUT2D eigenvalue weighted by molar-refractivity contribution is 6.10. The van der Waals surface area contributed by atoms with Gasteiger partial charge in [-0.15, -0.1) is 13.2 Å². The fourth-order valence-corrected chi connectivity index (χ4v) is 4.86. The molecule has 33 heavy (non-hydrogen) atoms. The van der Waals surface area contributed by atoms with Gasteiger partial charge >= 0.3 is 6.36 Å². The van der Waals surface area contributed by atoms with E-state index in [4.69, 9.17) is 0 Å². The second kappa shape index (κ2) is 7.33. The molecule has 0 radical (unpaired) electrons. The number of carbonyl (C=O) groups excluding carboxylic acids is 3. The monoisotopic (exact) mass is 454 g/mol. The Labute approximate surface area is 186 Å². The number of hydrogen-bond donors (Lipinski definition) is 1. The number of piperazine rings is 1. The van der Waals surface area contributed by atoms with Crippen molar-refractivity contribution in [2.24, 2.45) is 0 Å². The van der Waals surface area contributed by atoms with Crippen LogP contribution in [0, 0.1) is 0 Å². The molecule has 0 saturated carbocycles. The molecule has 0 bridgehead atoms. The van der Waals surface area contributed by atoms with Crippen LogP contribution in [0.1, 0.15) is 23.6 Å². The summed E-state index contributed by atoms with van der Waals surface area (Å²) in [6.07, 6.45) is -0.327. The maximum absolute atomic E-state index is 13.3. The van der Waals surface area contributed by atoms with Gasteiger partial charge in [0, 0.05) is 12.5 Å². The Balaban J connectivity index is 1.61. The lowest BCUT2D eigenvalue weighted by Gasteiger charge is -2.52. The number of nitrogens with one attached hydrogen (secondary N) is 1. The molecular weight excluding hydrogens is 437 g/mol. The van der Waals surface area contributed by atoms with Crippen molar-refractivity contribution >= 4 is 23.2 Å². The first-order valence-electron chi connectivity index (χ1n) is 10.2. The maximum Gasteiger partial charge on any atom is 0.573 e. The largest absolute Gasteiger partial charge is 0.573 e. The Morgan fingerprint density at radius 1 is 1.00 bits per heavy atom. The molecule has 6 nitrogen and oxygen atoms in total. The summed E-state index contributed by atoms with van der Waals surface area (Å²) in [6, 6.07) is 12.2. The van der Waals surface area contributed by atoms with Crippen LogP contribution in [0.3, 0.4) is 0 Å². The van der Waals surface area contributed by atoms with Gasteiger partial charge in [-0.2, -0.15) is 0 Å². The molecule has 2 aliphatic heterocycles. The van der Waals surface area contributed by atoms with E-state index in [-0.39, 0.29) is 12.2 Å². The van der Waals surface area contributed by atoms with Crippen LogP contribution in [0.5, 0.6) is 5.75 Å². The van der Waals surface area contributed by atoms with Crippen molar-refractivity contribution in [1.29, 1.82) is 0 Å². The number of halogens is 3. The molecule has 3 aliphatic rings. The third-order valence-electron chi connectivity index (χ3n) is 6.13. The summed E-state index contributed by atoms with van der Waals surface area (Å²) in [4.78, 5) is 40.0. The first kappa shape index (κ1) is 21.0. The number of amides is 2. The Morgan fingerprint density at radius 2 is 1.70 bits per heavy atom. The van der Waals surface area contributed by atoms with E-state index in [0.717, 1.165) is 17.7 Å². The zero-order chi connectivity index (χ0) is 23.4. The average molecular weight is 454 g/mol. The van der Waals surface area contributed by atoms with Crippen molar-refractivity contribution in [2.45, 2.75) is 30.4 Å². The predicted molar refractivity (Wildman–Crippen MR) is 111 cm³/mol. The van der Waals surface area contributed by atoms with E-state index < -0.39 is 41.5 Å². The lowest BCUT2D eigenvalue weighted by Crippen LogP contribution is -2.69. The molecule has 168 valence electrons. The first-order valence-corrected chi connectivity index (χ1v) is 10.2. The fraction of sp³-hybridized carbons (Fsp3) is 0.208.